The van der Waals surface area contributed by atoms with E-state index in [2.05, 4.69) is 43.4 Å². The van der Waals surface area contributed by atoms with E-state index in [-0.39, 0.29) is 0 Å². The van der Waals surface area contributed by atoms with Crippen LogP contribution in [0.5, 0.6) is 0 Å². The summed E-state index contributed by atoms with van der Waals surface area (Å²) in [5, 5.41) is 3.65. The molecule has 94 valence electrons. The molecule has 1 aromatic rings. The van der Waals surface area contributed by atoms with E-state index in [1.165, 1.54) is 25.7 Å². The van der Waals surface area contributed by atoms with Gasteiger partial charge in [0.05, 0.1) is 0 Å². The Morgan fingerprint density at radius 1 is 1.35 bits per heavy atom. The Morgan fingerprint density at radius 2 is 2.18 bits per heavy atom. The lowest BCUT2D eigenvalue weighted by Crippen LogP contribution is -2.27. The van der Waals surface area contributed by atoms with Crippen LogP contribution in [0.2, 0.25) is 0 Å². The van der Waals surface area contributed by atoms with Crippen molar-refractivity contribution in [2.24, 2.45) is 5.92 Å². The number of rotatable bonds is 5. The molecule has 2 unspecified atom stereocenters. The van der Waals surface area contributed by atoms with Gasteiger partial charge in [-0.25, -0.2) is 0 Å². The molecule has 0 aromatic heterocycles. The maximum Gasteiger partial charge on any atom is 0.00203 e. The van der Waals surface area contributed by atoms with E-state index in [0.717, 1.165) is 24.9 Å². The molecule has 0 fully saturated rings. The first-order valence-electron chi connectivity index (χ1n) is 7.09. The van der Waals surface area contributed by atoms with Gasteiger partial charge in [-0.1, -0.05) is 44.5 Å². The minimum absolute atomic E-state index is 0.740. The van der Waals surface area contributed by atoms with Gasteiger partial charge in [0.25, 0.3) is 0 Å². The first-order valence-corrected chi connectivity index (χ1v) is 7.09. The molecule has 0 saturated carbocycles. The topological polar surface area (TPSA) is 12.0 Å². The molecule has 0 saturated heterocycles. The standard InChI is InChI=1S/C16H25N/c1-3-13(2)11-17-12-15-9-6-8-14-7-4-5-10-16(14)15/h4-5,7,10,13,15,17H,3,6,8-9,11-12H2,1-2H3. The molecule has 1 aliphatic rings. The largest absolute Gasteiger partial charge is 0.316 e. The summed E-state index contributed by atoms with van der Waals surface area (Å²) < 4.78 is 0. The molecule has 0 bridgehead atoms. The fourth-order valence-corrected chi connectivity index (χ4v) is 2.71. The van der Waals surface area contributed by atoms with E-state index < -0.39 is 0 Å². The van der Waals surface area contributed by atoms with Gasteiger partial charge in [0.2, 0.25) is 0 Å². The van der Waals surface area contributed by atoms with Crippen molar-refractivity contribution in [2.75, 3.05) is 13.1 Å². The average molecular weight is 231 g/mol. The van der Waals surface area contributed by atoms with Crippen molar-refractivity contribution >= 4 is 0 Å². The van der Waals surface area contributed by atoms with Crippen LogP contribution in [0.15, 0.2) is 24.3 Å². The molecular formula is C16H25N. The zero-order chi connectivity index (χ0) is 12.1. The predicted octanol–water partition coefficient (Wildman–Crippen LogP) is 3.74. The molecule has 1 heteroatoms. The number of aryl methyl sites for hydroxylation is 1. The molecule has 0 heterocycles. The summed E-state index contributed by atoms with van der Waals surface area (Å²) in [5.74, 6) is 1.54. The van der Waals surface area contributed by atoms with Crippen molar-refractivity contribution in [3.63, 3.8) is 0 Å². The van der Waals surface area contributed by atoms with E-state index >= 15 is 0 Å². The Labute approximate surface area is 106 Å². The zero-order valence-corrected chi connectivity index (χ0v) is 11.2. The highest BCUT2D eigenvalue weighted by atomic mass is 14.9. The number of benzene rings is 1. The molecule has 17 heavy (non-hydrogen) atoms. The SMILES string of the molecule is CCC(C)CNCC1CCCc2ccccc21. The third kappa shape index (κ3) is 3.32. The van der Waals surface area contributed by atoms with Crippen molar-refractivity contribution in [1.29, 1.82) is 0 Å². The Hall–Kier alpha value is -0.820. The molecule has 2 rings (SSSR count). The van der Waals surface area contributed by atoms with Gasteiger partial charge in [0.15, 0.2) is 0 Å². The highest BCUT2D eigenvalue weighted by Gasteiger charge is 2.19. The molecule has 1 aliphatic carbocycles. The molecular weight excluding hydrogens is 206 g/mol. The summed E-state index contributed by atoms with van der Waals surface area (Å²) in [6.07, 6.45) is 5.25. The van der Waals surface area contributed by atoms with Gasteiger partial charge in [-0.15, -0.1) is 0 Å². The molecule has 0 amide bonds. The van der Waals surface area contributed by atoms with Gasteiger partial charge in [-0.3, -0.25) is 0 Å². The second-order valence-corrected chi connectivity index (χ2v) is 5.46. The molecule has 0 radical (unpaired) electrons. The van der Waals surface area contributed by atoms with E-state index in [0.29, 0.717) is 0 Å². The summed E-state index contributed by atoms with van der Waals surface area (Å²) in [4.78, 5) is 0. The number of hydrogen-bond acceptors (Lipinski definition) is 1. The quantitative estimate of drug-likeness (QED) is 0.814. The van der Waals surface area contributed by atoms with Crippen molar-refractivity contribution in [3.8, 4) is 0 Å². The third-order valence-corrected chi connectivity index (χ3v) is 4.07. The van der Waals surface area contributed by atoms with Crippen LogP contribution in [0.3, 0.4) is 0 Å². The van der Waals surface area contributed by atoms with Crippen LogP contribution < -0.4 is 5.32 Å². The van der Waals surface area contributed by atoms with E-state index in [4.69, 9.17) is 0 Å². The molecule has 1 N–H and O–H groups in total. The molecule has 1 aromatic carbocycles. The molecule has 0 spiro atoms. The van der Waals surface area contributed by atoms with Gasteiger partial charge < -0.3 is 5.32 Å². The summed E-state index contributed by atoms with van der Waals surface area (Å²) >= 11 is 0. The zero-order valence-electron chi connectivity index (χ0n) is 11.2. The van der Waals surface area contributed by atoms with Crippen molar-refractivity contribution in [3.05, 3.63) is 35.4 Å². The normalized spacial score (nSPS) is 20.9. The summed E-state index contributed by atoms with van der Waals surface area (Å²) in [7, 11) is 0. The van der Waals surface area contributed by atoms with Crippen molar-refractivity contribution in [2.45, 2.75) is 45.4 Å². The first kappa shape index (κ1) is 12.6. The average Bonchev–Trinajstić information content (AvgIpc) is 2.39. The lowest BCUT2D eigenvalue weighted by atomic mass is 9.83. The first-order chi connectivity index (χ1) is 8.31. The Morgan fingerprint density at radius 3 is 3.00 bits per heavy atom. The van der Waals surface area contributed by atoms with E-state index in [1.807, 2.05) is 0 Å². The fourth-order valence-electron chi connectivity index (χ4n) is 2.71. The van der Waals surface area contributed by atoms with Gasteiger partial charge in [0.1, 0.15) is 0 Å². The van der Waals surface area contributed by atoms with Crippen molar-refractivity contribution < 1.29 is 0 Å². The summed E-state index contributed by atoms with van der Waals surface area (Å²) in [6.45, 7) is 6.90. The number of hydrogen-bond donors (Lipinski definition) is 1. The Bertz CT molecular complexity index is 345. The Balaban J connectivity index is 1.90. The highest BCUT2D eigenvalue weighted by molar-refractivity contribution is 5.32. The lowest BCUT2D eigenvalue weighted by Gasteiger charge is -2.26. The molecule has 1 nitrogen and oxygen atoms in total. The van der Waals surface area contributed by atoms with Crippen LogP contribution in [-0.4, -0.2) is 13.1 Å². The fraction of sp³-hybridized carbons (Fsp3) is 0.625. The van der Waals surface area contributed by atoms with Crippen LogP contribution in [-0.2, 0) is 6.42 Å². The van der Waals surface area contributed by atoms with Gasteiger partial charge in [-0.05, 0) is 48.8 Å². The highest BCUT2D eigenvalue weighted by Crippen LogP contribution is 2.30. The van der Waals surface area contributed by atoms with Gasteiger partial charge >= 0.3 is 0 Å². The van der Waals surface area contributed by atoms with Gasteiger partial charge in [-0.2, -0.15) is 0 Å². The van der Waals surface area contributed by atoms with Crippen LogP contribution in [0.4, 0.5) is 0 Å². The van der Waals surface area contributed by atoms with Crippen LogP contribution >= 0.6 is 0 Å². The predicted molar refractivity (Wildman–Crippen MR) is 74.4 cm³/mol. The maximum absolute atomic E-state index is 3.65. The monoisotopic (exact) mass is 231 g/mol. The second-order valence-electron chi connectivity index (χ2n) is 5.46. The summed E-state index contributed by atoms with van der Waals surface area (Å²) in [5.41, 5.74) is 3.17. The number of nitrogens with one attached hydrogen (secondary N) is 1. The third-order valence-electron chi connectivity index (χ3n) is 4.07. The second kappa shape index (κ2) is 6.20. The van der Waals surface area contributed by atoms with Crippen molar-refractivity contribution in [1.82, 2.24) is 5.32 Å². The maximum atomic E-state index is 3.65. The molecule has 0 aliphatic heterocycles. The van der Waals surface area contributed by atoms with E-state index in [9.17, 15) is 0 Å². The van der Waals surface area contributed by atoms with Crippen LogP contribution in [0.1, 0.15) is 50.2 Å². The lowest BCUT2D eigenvalue weighted by molar-refractivity contribution is 0.455. The minimum atomic E-state index is 0.740. The number of fused-ring (bicyclic) bond motifs is 1. The van der Waals surface area contributed by atoms with Crippen LogP contribution in [0.25, 0.3) is 0 Å². The Kier molecular flexibility index (Phi) is 4.61. The smallest absolute Gasteiger partial charge is 0.00203 e. The summed E-state index contributed by atoms with van der Waals surface area (Å²) in [6, 6.07) is 8.99. The van der Waals surface area contributed by atoms with Gasteiger partial charge in [0, 0.05) is 6.54 Å². The van der Waals surface area contributed by atoms with E-state index in [1.54, 1.807) is 11.1 Å². The minimum Gasteiger partial charge on any atom is -0.316 e. The van der Waals surface area contributed by atoms with Crippen LogP contribution in [0, 0.1) is 5.92 Å². The molecule has 2 atom stereocenters.